The molecule has 0 saturated carbocycles. The van der Waals surface area contributed by atoms with Gasteiger partial charge in [0.15, 0.2) is 0 Å². The van der Waals surface area contributed by atoms with E-state index in [4.69, 9.17) is 9.52 Å². The number of aliphatic hydroxyl groups is 1. The molecular weight excluding hydrogens is 266 g/mol. The monoisotopic (exact) mass is 289 g/mol. The van der Waals surface area contributed by atoms with Gasteiger partial charge in [-0.15, -0.1) is 0 Å². The van der Waals surface area contributed by atoms with Crippen LogP contribution in [0.3, 0.4) is 0 Å². The molecule has 0 unspecified atom stereocenters. The van der Waals surface area contributed by atoms with Crippen molar-refractivity contribution in [2.24, 2.45) is 0 Å². The van der Waals surface area contributed by atoms with Gasteiger partial charge in [-0.3, -0.25) is 9.58 Å². The number of piperidine rings is 1. The van der Waals surface area contributed by atoms with Crippen LogP contribution in [0.25, 0.3) is 0 Å². The van der Waals surface area contributed by atoms with E-state index in [1.165, 1.54) is 5.69 Å². The first kappa shape index (κ1) is 14.4. The van der Waals surface area contributed by atoms with Gasteiger partial charge >= 0.3 is 0 Å². The van der Waals surface area contributed by atoms with Gasteiger partial charge < -0.3 is 9.52 Å². The van der Waals surface area contributed by atoms with Crippen LogP contribution in [0.2, 0.25) is 0 Å². The van der Waals surface area contributed by atoms with E-state index >= 15 is 0 Å². The van der Waals surface area contributed by atoms with Crippen molar-refractivity contribution in [3.63, 3.8) is 0 Å². The van der Waals surface area contributed by atoms with E-state index in [9.17, 15) is 0 Å². The van der Waals surface area contributed by atoms with Crippen molar-refractivity contribution < 1.29 is 9.52 Å². The lowest BCUT2D eigenvalue weighted by molar-refractivity contribution is 0.185. The topological polar surface area (TPSA) is 54.4 Å². The maximum Gasteiger partial charge on any atom is 0.118 e. The Labute approximate surface area is 125 Å². The van der Waals surface area contributed by atoms with Gasteiger partial charge in [-0.2, -0.15) is 5.10 Å². The van der Waals surface area contributed by atoms with Gasteiger partial charge in [-0.1, -0.05) is 0 Å². The Morgan fingerprint density at radius 1 is 1.29 bits per heavy atom. The Morgan fingerprint density at radius 2 is 2.10 bits per heavy atom. The lowest BCUT2D eigenvalue weighted by Crippen LogP contribution is -2.33. The molecule has 2 aromatic heterocycles. The summed E-state index contributed by atoms with van der Waals surface area (Å²) in [5.74, 6) is 2.58. The van der Waals surface area contributed by atoms with Crippen LogP contribution in [-0.4, -0.2) is 39.5 Å². The first-order chi connectivity index (χ1) is 10.3. The number of hydrogen-bond donors (Lipinski definition) is 1. The normalized spacial score (nSPS) is 17.4. The molecule has 114 valence electrons. The van der Waals surface area contributed by atoms with Crippen LogP contribution in [0, 0.1) is 6.92 Å². The summed E-state index contributed by atoms with van der Waals surface area (Å²) in [6, 6.07) is 6.18. The van der Waals surface area contributed by atoms with Crippen LogP contribution in [0.1, 0.15) is 36.0 Å². The summed E-state index contributed by atoms with van der Waals surface area (Å²) < 4.78 is 7.59. The lowest BCUT2D eigenvalue weighted by Gasteiger charge is -2.31. The summed E-state index contributed by atoms with van der Waals surface area (Å²) in [6.07, 6.45) is 4.11. The highest BCUT2D eigenvalue weighted by atomic mass is 16.3. The molecule has 0 aliphatic carbocycles. The van der Waals surface area contributed by atoms with E-state index in [2.05, 4.69) is 22.1 Å². The zero-order chi connectivity index (χ0) is 14.7. The Bertz CT molecular complexity index is 568. The minimum absolute atomic E-state index is 0.144. The van der Waals surface area contributed by atoms with Gasteiger partial charge in [0.2, 0.25) is 0 Å². The molecule has 0 atom stereocenters. The first-order valence-electron chi connectivity index (χ1n) is 7.66. The predicted molar refractivity (Wildman–Crippen MR) is 80.0 cm³/mol. The van der Waals surface area contributed by atoms with E-state index in [0.29, 0.717) is 12.5 Å². The van der Waals surface area contributed by atoms with Gasteiger partial charge in [0.1, 0.15) is 11.5 Å². The highest BCUT2D eigenvalue weighted by Gasteiger charge is 2.23. The van der Waals surface area contributed by atoms with Gasteiger partial charge in [-0.25, -0.2) is 0 Å². The summed E-state index contributed by atoms with van der Waals surface area (Å²) in [5.41, 5.74) is 1.26. The molecule has 0 bridgehead atoms. The second kappa shape index (κ2) is 6.45. The SMILES string of the molecule is Cc1ccc(CN2CCC(c3ccnn3CCO)CC2)o1. The van der Waals surface area contributed by atoms with Crippen LogP contribution in [0.4, 0.5) is 0 Å². The summed E-state index contributed by atoms with van der Waals surface area (Å²) in [7, 11) is 0. The second-order valence-corrected chi connectivity index (χ2v) is 5.77. The Hall–Kier alpha value is -1.59. The van der Waals surface area contributed by atoms with E-state index in [-0.39, 0.29) is 6.61 Å². The van der Waals surface area contributed by atoms with Gasteiger partial charge in [0, 0.05) is 17.8 Å². The highest BCUT2D eigenvalue weighted by molar-refractivity contribution is 5.10. The Balaban J connectivity index is 1.56. The number of aromatic nitrogens is 2. The standard InChI is InChI=1S/C16H23N3O2/c1-13-2-3-15(21-13)12-18-8-5-14(6-9-18)16-4-7-17-19(16)10-11-20/h2-4,7,14,20H,5-6,8-12H2,1H3. The zero-order valence-electron chi connectivity index (χ0n) is 12.5. The molecule has 5 heteroatoms. The van der Waals surface area contributed by atoms with Crippen LogP contribution in [0.5, 0.6) is 0 Å². The molecule has 5 nitrogen and oxygen atoms in total. The third-order valence-electron chi connectivity index (χ3n) is 4.24. The molecule has 0 amide bonds. The molecule has 2 aromatic rings. The molecule has 1 N–H and O–H groups in total. The minimum Gasteiger partial charge on any atom is -0.465 e. The fraction of sp³-hybridized carbons (Fsp3) is 0.562. The first-order valence-corrected chi connectivity index (χ1v) is 7.66. The number of likely N-dealkylation sites (tertiary alicyclic amines) is 1. The summed E-state index contributed by atoms with van der Waals surface area (Å²) in [5, 5.41) is 13.4. The van der Waals surface area contributed by atoms with Crippen LogP contribution in [0.15, 0.2) is 28.8 Å². The Kier molecular flexibility index (Phi) is 4.41. The predicted octanol–water partition coefficient (Wildman–Crippen LogP) is 2.16. The van der Waals surface area contributed by atoms with Crippen LogP contribution < -0.4 is 0 Å². The molecule has 1 fully saturated rings. The molecule has 21 heavy (non-hydrogen) atoms. The fourth-order valence-electron chi connectivity index (χ4n) is 3.15. The van der Waals surface area contributed by atoms with Crippen molar-refractivity contribution in [3.8, 4) is 0 Å². The van der Waals surface area contributed by atoms with Gasteiger partial charge in [0.25, 0.3) is 0 Å². The summed E-state index contributed by atoms with van der Waals surface area (Å²) >= 11 is 0. The maximum atomic E-state index is 9.09. The number of aliphatic hydroxyl groups excluding tert-OH is 1. The average Bonchev–Trinajstić information content (AvgIpc) is 3.10. The largest absolute Gasteiger partial charge is 0.465 e. The van der Waals surface area contributed by atoms with Crippen molar-refractivity contribution in [3.05, 3.63) is 41.6 Å². The third-order valence-corrected chi connectivity index (χ3v) is 4.24. The molecule has 0 radical (unpaired) electrons. The molecule has 1 aliphatic heterocycles. The van der Waals surface area contributed by atoms with E-state index in [0.717, 1.165) is 44.0 Å². The second-order valence-electron chi connectivity index (χ2n) is 5.77. The number of hydrogen-bond acceptors (Lipinski definition) is 4. The van der Waals surface area contributed by atoms with Gasteiger partial charge in [-0.05, 0) is 51.1 Å². The summed E-state index contributed by atoms with van der Waals surface area (Å²) in [4.78, 5) is 2.45. The van der Waals surface area contributed by atoms with Crippen LogP contribution in [-0.2, 0) is 13.1 Å². The van der Waals surface area contributed by atoms with Crippen molar-refractivity contribution in [2.45, 2.75) is 38.8 Å². The molecule has 0 aromatic carbocycles. The van der Waals surface area contributed by atoms with Crippen molar-refractivity contribution in [1.29, 1.82) is 0 Å². The maximum absolute atomic E-state index is 9.09. The fourth-order valence-corrected chi connectivity index (χ4v) is 3.15. The molecule has 0 spiro atoms. The number of rotatable bonds is 5. The quantitative estimate of drug-likeness (QED) is 0.916. The van der Waals surface area contributed by atoms with E-state index in [1.54, 1.807) is 0 Å². The van der Waals surface area contributed by atoms with E-state index in [1.807, 2.05) is 23.9 Å². The number of furan rings is 1. The van der Waals surface area contributed by atoms with Gasteiger partial charge in [0.05, 0.1) is 19.7 Å². The highest BCUT2D eigenvalue weighted by Crippen LogP contribution is 2.28. The van der Waals surface area contributed by atoms with Crippen molar-refractivity contribution in [2.75, 3.05) is 19.7 Å². The smallest absolute Gasteiger partial charge is 0.118 e. The van der Waals surface area contributed by atoms with Crippen molar-refractivity contribution in [1.82, 2.24) is 14.7 Å². The molecule has 3 heterocycles. The lowest BCUT2D eigenvalue weighted by atomic mass is 9.93. The third kappa shape index (κ3) is 3.36. The number of aryl methyl sites for hydroxylation is 1. The molecular formula is C16H23N3O2. The van der Waals surface area contributed by atoms with E-state index < -0.39 is 0 Å². The Morgan fingerprint density at radius 3 is 2.76 bits per heavy atom. The average molecular weight is 289 g/mol. The molecule has 1 saturated heterocycles. The summed E-state index contributed by atoms with van der Waals surface area (Å²) in [6.45, 7) is 5.78. The zero-order valence-corrected chi connectivity index (χ0v) is 12.5. The number of nitrogens with zero attached hydrogens (tertiary/aromatic N) is 3. The molecule has 1 aliphatic rings. The van der Waals surface area contributed by atoms with Crippen LogP contribution >= 0.6 is 0 Å². The molecule has 3 rings (SSSR count). The minimum atomic E-state index is 0.144. The van der Waals surface area contributed by atoms with Crippen molar-refractivity contribution >= 4 is 0 Å².